The first-order valence-electron chi connectivity index (χ1n) is 14.3. The molecule has 0 radical (unpaired) electrons. The van der Waals surface area contributed by atoms with Gasteiger partial charge in [0.2, 0.25) is 5.91 Å². The van der Waals surface area contributed by atoms with E-state index >= 15 is 0 Å². The molecule has 4 aliphatic rings. The predicted molar refractivity (Wildman–Crippen MR) is 157 cm³/mol. The van der Waals surface area contributed by atoms with Gasteiger partial charge in [0, 0.05) is 16.5 Å². The summed E-state index contributed by atoms with van der Waals surface area (Å²) in [4.78, 5) is 26.8. The van der Waals surface area contributed by atoms with Crippen molar-refractivity contribution < 1.29 is 24.0 Å². The number of carbonyl (C=O) groups excluding carboxylic acids is 2. The number of aliphatic hydroxyl groups excluding tert-OH is 1. The summed E-state index contributed by atoms with van der Waals surface area (Å²) in [6.07, 6.45) is 1.78. The van der Waals surface area contributed by atoms with Gasteiger partial charge in [0.25, 0.3) is 0 Å². The molecule has 2 N–H and O–H groups in total. The minimum atomic E-state index is -0.983. The van der Waals surface area contributed by atoms with Gasteiger partial charge in [-0.2, -0.15) is 0 Å². The Morgan fingerprint density at radius 2 is 1.79 bits per heavy atom. The van der Waals surface area contributed by atoms with Gasteiger partial charge in [-0.05, 0) is 85.3 Å². The van der Waals surface area contributed by atoms with Crippen molar-refractivity contribution in [1.29, 1.82) is 0 Å². The number of halogens is 1. The molecule has 7 atom stereocenters. The Kier molecular flexibility index (Phi) is 7.81. The van der Waals surface area contributed by atoms with Crippen molar-refractivity contribution in [3.05, 3.63) is 46.4 Å². The third-order valence-electron chi connectivity index (χ3n) is 9.80. The van der Waals surface area contributed by atoms with Crippen LogP contribution in [-0.2, 0) is 14.1 Å². The molecule has 1 saturated heterocycles. The molecule has 2 aromatic rings. The van der Waals surface area contributed by atoms with Crippen molar-refractivity contribution in [2.75, 3.05) is 0 Å². The first-order chi connectivity index (χ1) is 18.3. The summed E-state index contributed by atoms with van der Waals surface area (Å²) >= 11 is 3.48. The number of hydrogen-bond acceptors (Lipinski definition) is 5. The zero-order valence-electron chi connectivity index (χ0n) is 23.9. The molecule has 2 aromatic carbocycles. The smallest absolute Gasteiger partial charge is 0.404 e. The molecule has 4 fully saturated rings. The fourth-order valence-corrected chi connectivity index (χ4v) is 7.68. The van der Waals surface area contributed by atoms with Crippen LogP contribution in [0.15, 0.2) is 40.9 Å². The average Bonchev–Trinajstić information content (AvgIpc) is 3.23. The van der Waals surface area contributed by atoms with Crippen LogP contribution in [0.25, 0.3) is 10.8 Å². The van der Waals surface area contributed by atoms with Gasteiger partial charge in [0.1, 0.15) is 0 Å². The Hall–Kier alpha value is -1.74. The minimum Gasteiger partial charge on any atom is -0.404 e. The maximum atomic E-state index is 13.6. The number of nitrogens with one attached hydrogen (secondary N) is 1. The molecule has 6 rings (SSSR count). The van der Waals surface area contributed by atoms with Crippen molar-refractivity contribution in [1.82, 2.24) is 5.32 Å². The fourth-order valence-electron chi connectivity index (χ4n) is 7.30. The Morgan fingerprint density at radius 1 is 1.10 bits per heavy atom. The number of Topliss-reactive ketones (excluding diaryl/α,β-unsaturated/α-hetero) is 1. The lowest BCUT2D eigenvalue weighted by molar-refractivity contribution is -0.199. The first kappa shape index (κ1) is 28.8. The summed E-state index contributed by atoms with van der Waals surface area (Å²) in [7, 11) is -0.549. The number of amides is 1. The second kappa shape index (κ2) is 10.6. The number of benzene rings is 2. The Morgan fingerprint density at radius 3 is 2.46 bits per heavy atom. The lowest BCUT2D eigenvalue weighted by Gasteiger charge is -2.64. The van der Waals surface area contributed by atoms with Crippen LogP contribution < -0.4 is 5.32 Å². The van der Waals surface area contributed by atoms with E-state index in [1.54, 1.807) is 13.0 Å². The summed E-state index contributed by atoms with van der Waals surface area (Å²) in [6, 6.07) is 11.4. The highest BCUT2D eigenvalue weighted by Gasteiger charge is 2.68. The Labute approximate surface area is 240 Å². The number of carbonyl (C=O) groups is 2. The van der Waals surface area contributed by atoms with Gasteiger partial charge < -0.3 is 19.7 Å². The molecule has 210 valence electrons. The number of aliphatic hydroxyl groups is 1. The minimum absolute atomic E-state index is 0.0218. The zero-order chi connectivity index (χ0) is 28.3. The molecular formula is C31H41BBrNO5. The van der Waals surface area contributed by atoms with Crippen LogP contribution in [0, 0.1) is 29.1 Å². The molecule has 0 spiro atoms. The molecule has 1 amide bonds. The van der Waals surface area contributed by atoms with Crippen molar-refractivity contribution in [3.8, 4) is 0 Å². The maximum Gasteiger partial charge on any atom is 0.481 e. The molecule has 3 saturated carbocycles. The Bertz CT molecular complexity index is 1260. The van der Waals surface area contributed by atoms with Gasteiger partial charge in [-0.25, -0.2) is 0 Å². The lowest BCUT2D eigenvalue weighted by atomic mass is 9.43. The van der Waals surface area contributed by atoms with E-state index in [2.05, 4.69) is 55.9 Å². The van der Waals surface area contributed by atoms with Crippen molar-refractivity contribution in [2.24, 2.45) is 29.1 Å². The number of ketones is 1. The van der Waals surface area contributed by atoms with Crippen LogP contribution in [-0.4, -0.2) is 47.7 Å². The average molecular weight is 598 g/mol. The van der Waals surface area contributed by atoms with Crippen molar-refractivity contribution in [3.63, 3.8) is 0 Å². The molecular weight excluding hydrogens is 557 g/mol. The van der Waals surface area contributed by atoms with Gasteiger partial charge >= 0.3 is 7.12 Å². The molecule has 0 unspecified atom stereocenters. The van der Waals surface area contributed by atoms with Gasteiger partial charge in [0.15, 0.2) is 5.78 Å². The van der Waals surface area contributed by atoms with E-state index in [9.17, 15) is 14.7 Å². The standard InChI is InChI=1S/C31H41BBrNO5/c1-17(2)11-28(32-38-27-15-22-14-26(30(22,4)5)31(27,6)39-32)34-29(37)24(18(3)35)16-25(36)21-8-7-20-13-23(33)10-9-19(20)12-21/h7-10,12-13,17-18,22,24,26-28,35H,11,14-16H2,1-6H3,(H,34,37)/t18-,22-,24+,26-,27-,28+,31+/m1/s1. The number of hydrogen-bond donors (Lipinski definition) is 2. The normalized spacial score (nSPS) is 29.5. The molecule has 8 heteroatoms. The number of rotatable bonds is 9. The second-order valence-electron chi connectivity index (χ2n) is 13.3. The molecule has 6 nitrogen and oxygen atoms in total. The van der Waals surface area contributed by atoms with Crippen LogP contribution in [0.5, 0.6) is 0 Å². The maximum absolute atomic E-state index is 13.6. The number of fused-ring (bicyclic) bond motifs is 1. The van der Waals surface area contributed by atoms with E-state index in [-0.39, 0.29) is 41.2 Å². The molecule has 3 aliphatic carbocycles. The van der Waals surface area contributed by atoms with E-state index in [1.165, 1.54) is 0 Å². The molecule has 0 aromatic heterocycles. The quantitative estimate of drug-likeness (QED) is 0.275. The first-order valence-corrected chi connectivity index (χ1v) is 15.1. The largest absolute Gasteiger partial charge is 0.481 e. The van der Waals surface area contributed by atoms with E-state index in [0.717, 1.165) is 28.1 Å². The van der Waals surface area contributed by atoms with Gasteiger partial charge in [0.05, 0.1) is 29.7 Å². The topological polar surface area (TPSA) is 84.9 Å². The summed E-state index contributed by atoms with van der Waals surface area (Å²) < 4.78 is 14.1. The SMILES string of the molecule is CC(C)C[C@H](NC(=O)[C@@H](CC(=O)c1ccc2cc(Br)ccc2c1)[C@@H](C)O)B1O[C@@H]2C[C@H]3C[C@H](C3(C)C)[C@]2(C)O1. The monoisotopic (exact) mass is 597 g/mol. The summed E-state index contributed by atoms with van der Waals surface area (Å²) in [5.41, 5.74) is 0.397. The van der Waals surface area contributed by atoms with Crippen LogP contribution in [0.1, 0.15) is 77.6 Å². The van der Waals surface area contributed by atoms with Crippen molar-refractivity contribution in [2.45, 2.75) is 91.0 Å². The summed E-state index contributed by atoms with van der Waals surface area (Å²) in [6.45, 7) is 12.6. The Balaban J connectivity index is 1.30. The van der Waals surface area contributed by atoms with Crippen molar-refractivity contribution >= 4 is 45.5 Å². The molecule has 39 heavy (non-hydrogen) atoms. The van der Waals surface area contributed by atoms with Gasteiger partial charge in [-0.15, -0.1) is 0 Å². The van der Waals surface area contributed by atoms with E-state index < -0.39 is 19.1 Å². The fraction of sp³-hybridized carbons (Fsp3) is 0.613. The zero-order valence-corrected chi connectivity index (χ0v) is 25.5. The highest BCUT2D eigenvalue weighted by atomic mass is 79.9. The third-order valence-corrected chi connectivity index (χ3v) is 10.3. The van der Waals surface area contributed by atoms with Crippen LogP contribution in [0.2, 0.25) is 0 Å². The molecule has 1 heterocycles. The summed E-state index contributed by atoms with van der Waals surface area (Å²) in [5, 5.41) is 15.7. The van der Waals surface area contributed by atoms with Gasteiger partial charge in [-0.1, -0.05) is 61.8 Å². The highest BCUT2D eigenvalue weighted by Crippen LogP contribution is 2.65. The lowest BCUT2D eigenvalue weighted by Crippen LogP contribution is -2.65. The third kappa shape index (κ3) is 5.34. The molecule has 1 aliphatic heterocycles. The highest BCUT2D eigenvalue weighted by molar-refractivity contribution is 9.10. The van der Waals surface area contributed by atoms with Crippen LogP contribution >= 0.6 is 15.9 Å². The summed E-state index contributed by atoms with van der Waals surface area (Å²) in [5.74, 6) is -0.383. The van der Waals surface area contributed by atoms with E-state index in [0.29, 0.717) is 29.7 Å². The van der Waals surface area contributed by atoms with Crippen LogP contribution in [0.4, 0.5) is 0 Å². The predicted octanol–water partition coefficient (Wildman–Crippen LogP) is 5.97. The second-order valence-corrected chi connectivity index (χ2v) is 14.2. The van der Waals surface area contributed by atoms with E-state index in [1.807, 2.05) is 30.3 Å². The van der Waals surface area contributed by atoms with Crippen LogP contribution in [0.3, 0.4) is 0 Å². The molecule has 2 bridgehead atoms. The van der Waals surface area contributed by atoms with Gasteiger partial charge in [-0.3, -0.25) is 9.59 Å². The van der Waals surface area contributed by atoms with E-state index in [4.69, 9.17) is 9.31 Å².